The number of carbonyl (C=O) groups is 1. The molecule has 3 aliphatic rings. The number of hydrogen-bond acceptors (Lipinski definition) is 4. The van der Waals surface area contributed by atoms with E-state index in [2.05, 4.69) is 19.6 Å². The molecule has 0 aromatic heterocycles. The average Bonchev–Trinajstić information content (AvgIpc) is 2.98. The fourth-order valence-corrected chi connectivity index (χ4v) is 3.18. The van der Waals surface area contributed by atoms with Crippen molar-refractivity contribution in [3.63, 3.8) is 0 Å². The van der Waals surface area contributed by atoms with Crippen molar-refractivity contribution in [2.75, 3.05) is 0 Å². The molecule has 0 saturated carbocycles. The zero-order chi connectivity index (χ0) is 13.8. The Labute approximate surface area is 113 Å². The summed E-state index contributed by atoms with van der Waals surface area (Å²) in [6.07, 6.45) is 3.35. The summed E-state index contributed by atoms with van der Waals surface area (Å²) in [5.41, 5.74) is 1.18. The SMILES string of the molecule is C=C1C(=O)O[C@@H]2[C@H]3O[C@]3(C)[C@@H](O)C/C=C(\C)CC[C@@H]12. The zero-order valence-corrected chi connectivity index (χ0v) is 11.4. The molecule has 0 aromatic rings. The van der Waals surface area contributed by atoms with E-state index in [1.807, 2.05) is 6.92 Å². The molecule has 0 bridgehead atoms. The molecule has 4 heteroatoms. The molecule has 2 heterocycles. The van der Waals surface area contributed by atoms with Crippen LogP contribution < -0.4 is 0 Å². The summed E-state index contributed by atoms with van der Waals surface area (Å²) in [5.74, 6) is -0.309. The fraction of sp³-hybridized carbons (Fsp3) is 0.667. The van der Waals surface area contributed by atoms with Crippen LogP contribution >= 0.6 is 0 Å². The number of rotatable bonds is 0. The summed E-state index contributed by atoms with van der Waals surface area (Å²) in [6.45, 7) is 7.79. The van der Waals surface area contributed by atoms with E-state index in [1.165, 1.54) is 5.57 Å². The molecule has 0 unspecified atom stereocenters. The number of aliphatic hydroxyl groups excluding tert-OH is 1. The average molecular weight is 264 g/mol. The van der Waals surface area contributed by atoms with Crippen molar-refractivity contribution in [1.82, 2.24) is 0 Å². The largest absolute Gasteiger partial charge is 0.455 e. The van der Waals surface area contributed by atoms with Crippen molar-refractivity contribution in [2.45, 2.75) is 57.0 Å². The number of fused-ring (bicyclic) bond motifs is 3. The van der Waals surface area contributed by atoms with Gasteiger partial charge in [0, 0.05) is 11.5 Å². The van der Waals surface area contributed by atoms with Crippen LogP contribution in [0.1, 0.15) is 33.1 Å². The molecule has 1 N–H and O–H groups in total. The summed E-state index contributed by atoms with van der Waals surface area (Å²) < 4.78 is 11.1. The number of hydrogen-bond donors (Lipinski definition) is 1. The number of carbonyl (C=O) groups excluding carboxylic acids is 1. The van der Waals surface area contributed by atoms with Gasteiger partial charge in [-0.2, -0.15) is 0 Å². The van der Waals surface area contributed by atoms with Gasteiger partial charge in [-0.1, -0.05) is 18.2 Å². The minimum absolute atomic E-state index is 0.00738. The molecule has 0 aromatic carbocycles. The molecule has 0 amide bonds. The number of aliphatic hydroxyl groups is 1. The maximum Gasteiger partial charge on any atom is 0.334 e. The van der Waals surface area contributed by atoms with Gasteiger partial charge in [0.15, 0.2) is 0 Å². The third kappa shape index (κ3) is 1.94. The van der Waals surface area contributed by atoms with Gasteiger partial charge in [0.05, 0.1) is 6.10 Å². The molecular formula is C15H20O4. The van der Waals surface area contributed by atoms with Gasteiger partial charge in [-0.25, -0.2) is 4.79 Å². The number of epoxide rings is 1. The van der Waals surface area contributed by atoms with Crippen LogP contribution in [0.4, 0.5) is 0 Å². The molecule has 2 aliphatic heterocycles. The summed E-state index contributed by atoms with van der Waals surface area (Å²) in [7, 11) is 0. The third-order valence-electron chi connectivity index (χ3n) is 4.74. The van der Waals surface area contributed by atoms with Gasteiger partial charge in [-0.05, 0) is 33.1 Å². The molecule has 2 fully saturated rings. The van der Waals surface area contributed by atoms with E-state index in [1.54, 1.807) is 0 Å². The Morgan fingerprint density at radius 1 is 1.53 bits per heavy atom. The standard InChI is InChI=1S/C15H20O4/c1-8-4-6-10-9(2)14(17)18-12(10)13-15(3,19-13)11(16)7-5-8/h5,10-13,16H,2,4,6-7H2,1,3H3/b8-5+/t10-,11-,12-,13+,15+/m0/s1. The van der Waals surface area contributed by atoms with Gasteiger partial charge < -0.3 is 14.6 Å². The van der Waals surface area contributed by atoms with E-state index in [0.717, 1.165) is 12.8 Å². The van der Waals surface area contributed by atoms with Crippen molar-refractivity contribution in [3.8, 4) is 0 Å². The number of ether oxygens (including phenoxy) is 2. The zero-order valence-electron chi connectivity index (χ0n) is 11.4. The normalized spacial score (nSPS) is 48.7. The lowest BCUT2D eigenvalue weighted by atomic mass is 9.83. The molecule has 5 atom stereocenters. The van der Waals surface area contributed by atoms with Crippen LogP contribution in [-0.4, -0.2) is 35.0 Å². The number of allylic oxidation sites excluding steroid dienone is 1. The Morgan fingerprint density at radius 2 is 2.26 bits per heavy atom. The number of esters is 1. The Balaban J connectivity index is 1.91. The van der Waals surface area contributed by atoms with Crippen LogP contribution in [0, 0.1) is 5.92 Å². The second-order valence-corrected chi connectivity index (χ2v) is 6.06. The Kier molecular flexibility index (Phi) is 2.84. The van der Waals surface area contributed by atoms with Crippen molar-refractivity contribution in [2.24, 2.45) is 5.92 Å². The highest BCUT2D eigenvalue weighted by molar-refractivity contribution is 5.91. The van der Waals surface area contributed by atoms with Gasteiger partial charge in [-0.15, -0.1) is 0 Å². The maximum atomic E-state index is 11.7. The van der Waals surface area contributed by atoms with Crippen LogP contribution in [0.15, 0.2) is 23.8 Å². The van der Waals surface area contributed by atoms with Gasteiger partial charge in [0.2, 0.25) is 0 Å². The molecule has 104 valence electrons. The van der Waals surface area contributed by atoms with Crippen molar-refractivity contribution >= 4 is 5.97 Å². The molecule has 19 heavy (non-hydrogen) atoms. The Bertz CT molecular complexity index is 467. The van der Waals surface area contributed by atoms with Crippen molar-refractivity contribution < 1.29 is 19.4 Å². The fourth-order valence-electron chi connectivity index (χ4n) is 3.18. The quantitative estimate of drug-likeness (QED) is 0.313. The Morgan fingerprint density at radius 3 is 3.00 bits per heavy atom. The highest BCUT2D eigenvalue weighted by atomic mass is 16.7. The van der Waals surface area contributed by atoms with E-state index < -0.39 is 11.7 Å². The molecule has 0 spiro atoms. The topological polar surface area (TPSA) is 59.1 Å². The predicted molar refractivity (Wildman–Crippen MR) is 69.4 cm³/mol. The predicted octanol–water partition coefficient (Wildman–Crippen LogP) is 1.73. The highest BCUT2D eigenvalue weighted by Gasteiger charge is 2.65. The lowest BCUT2D eigenvalue weighted by molar-refractivity contribution is -0.140. The Hall–Kier alpha value is -1.13. The van der Waals surface area contributed by atoms with E-state index in [9.17, 15) is 9.90 Å². The van der Waals surface area contributed by atoms with Crippen molar-refractivity contribution in [3.05, 3.63) is 23.8 Å². The minimum atomic E-state index is -0.595. The summed E-state index contributed by atoms with van der Waals surface area (Å²) >= 11 is 0. The van der Waals surface area contributed by atoms with Crippen LogP contribution in [-0.2, 0) is 14.3 Å². The van der Waals surface area contributed by atoms with Gasteiger partial charge in [0.25, 0.3) is 0 Å². The molecule has 1 aliphatic carbocycles. The first-order valence-electron chi connectivity index (χ1n) is 6.85. The smallest absolute Gasteiger partial charge is 0.334 e. The van der Waals surface area contributed by atoms with Gasteiger partial charge in [0.1, 0.15) is 17.8 Å². The van der Waals surface area contributed by atoms with Gasteiger partial charge in [-0.3, -0.25) is 0 Å². The molecule has 0 radical (unpaired) electrons. The highest BCUT2D eigenvalue weighted by Crippen LogP contribution is 2.49. The lowest BCUT2D eigenvalue weighted by Crippen LogP contribution is -2.36. The summed E-state index contributed by atoms with van der Waals surface area (Å²) in [5, 5.41) is 10.2. The minimum Gasteiger partial charge on any atom is -0.455 e. The van der Waals surface area contributed by atoms with Gasteiger partial charge >= 0.3 is 5.97 Å². The lowest BCUT2D eigenvalue weighted by Gasteiger charge is -2.21. The van der Waals surface area contributed by atoms with Crippen molar-refractivity contribution in [1.29, 1.82) is 0 Å². The van der Waals surface area contributed by atoms with E-state index in [4.69, 9.17) is 9.47 Å². The molecular weight excluding hydrogens is 244 g/mol. The first-order chi connectivity index (χ1) is 8.93. The van der Waals surface area contributed by atoms with Crippen LogP contribution in [0.5, 0.6) is 0 Å². The monoisotopic (exact) mass is 264 g/mol. The molecule has 3 rings (SSSR count). The maximum absolute atomic E-state index is 11.7. The third-order valence-corrected chi connectivity index (χ3v) is 4.74. The summed E-state index contributed by atoms with van der Waals surface area (Å²) in [6, 6.07) is 0. The summed E-state index contributed by atoms with van der Waals surface area (Å²) in [4.78, 5) is 11.7. The van der Waals surface area contributed by atoms with Crippen LogP contribution in [0.3, 0.4) is 0 Å². The van der Waals surface area contributed by atoms with E-state index in [0.29, 0.717) is 12.0 Å². The second-order valence-electron chi connectivity index (χ2n) is 6.06. The first kappa shape index (κ1) is 12.9. The van der Waals surface area contributed by atoms with E-state index >= 15 is 0 Å². The first-order valence-corrected chi connectivity index (χ1v) is 6.85. The second kappa shape index (κ2) is 4.18. The molecule has 2 saturated heterocycles. The van der Waals surface area contributed by atoms with E-state index in [-0.39, 0.29) is 24.1 Å². The van der Waals surface area contributed by atoms with Crippen LogP contribution in [0.25, 0.3) is 0 Å². The van der Waals surface area contributed by atoms with Crippen LogP contribution in [0.2, 0.25) is 0 Å². The molecule has 4 nitrogen and oxygen atoms in total.